The molecule has 3 heterocycles. The molecule has 3 aromatic rings. The molecule has 0 radical (unpaired) electrons. The number of amides is 1. The number of para-hydroxylation sites is 1. The van der Waals surface area contributed by atoms with Crippen LogP contribution in [0, 0.1) is 6.92 Å². The fourth-order valence-electron chi connectivity index (χ4n) is 3.69. The van der Waals surface area contributed by atoms with Gasteiger partial charge in [-0.3, -0.25) is 20.1 Å². The van der Waals surface area contributed by atoms with Gasteiger partial charge in [-0.25, -0.2) is 18.4 Å². The topological polar surface area (TPSA) is 112 Å². The number of aromatic nitrogens is 2. The largest absolute Gasteiger partial charge is 0.439 e. The van der Waals surface area contributed by atoms with Crippen molar-refractivity contribution in [3.8, 4) is 0 Å². The second-order valence-electron chi connectivity index (χ2n) is 8.28. The van der Waals surface area contributed by atoms with E-state index in [0.717, 1.165) is 5.69 Å². The third kappa shape index (κ3) is 5.00. The molecule has 4 rings (SSSR count). The molecule has 176 valence electrons. The summed E-state index contributed by atoms with van der Waals surface area (Å²) in [6, 6.07) is 9.08. The third-order valence-electron chi connectivity index (χ3n) is 5.61. The molecule has 0 bridgehead atoms. The second kappa shape index (κ2) is 9.46. The Morgan fingerprint density at radius 1 is 1.18 bits per heavy atom. The van der Waals surface area contributed by atoms with Gasteiger partial charge in [-0.1, -0.05) is 6.07 Å². The van der Waals surface area contributed by atoms with Crippen molar-refractivity contribution in [2.45, 2.75) is 32.6 Å². The van der Waals surface area contributed by atoms with E-state index in [1.807, 2.05) is 19.1 Å². The van der Waals surface area contributed by atoms with Crippen LogP contribution < -0.4 is 10.4 Å². The van der Waals surface area contributed by atoms with Crippen LogP contribution in [-0.4, -0.2) is 65.4 Å². The highest BCUT2D eigenvalue weighted by Crippen LogP contribution is 2.27. The van der Waals surface area contributed by atoms with Crippen LogP contribution in [0.15, 0.2) is 40.9 Å². The molecule has 10 nitrogen and oxygen atoms in total. The smallest absolute Gasteiger partial charge is 0.232 e. The lowest BCUT2D eigenvalue weighted by molar-refractivity contribution is -0.107. The molecule has 2 aromatic heterocycles. The highest BCUT2D eigenvalue weighted by Gasteiger charge is 2.29. The first-order chi connectivity index (χ1) is 15.8. The Bertz CT molecular complexity index is 1220. The monoisotopic (exact) mass is 472 g/mol. The molecule has 11 heteroatoms. The Labute approximate surface area is 193 Å². The zero-order valence-electron chi connectivity index (χ0n) is 18.9. The van der Waals surface area contributed by atoms with Crippen LogP contribution in [0.3, 0.4) is 0 Å². The summed E-state index contributed by atoms with van der Waals surface area (Å²) < 4.78 is 32.2. The van der Waals surface area contributed by atoms with Crippen molar-refractivity contribution in [1.29, 1.82) is 0 Å². The standard InChI is InChI=1S/C22H28N6O4S/c1-16(2)33(30,31)27-11-9-26(10-12-27)14-21-24-22-19(5-4-6-20(22)32-21)28(15-29)25-18-8-7-17(3)23-13-18/h4-8,13,15-16,25H,9-12,14H2,1-3H3. The number of aryl methyl sites for hydroxylation is 1. The van der Waals surface area contributed by atoms with E-state index in [4.69, 9.17) is 4.42 Å². The van der Waals surface area contributed by atoms with E-state index in [-0.39, 0.29) is 0 Å². The molecule has 1 fully saturated rings. The quantitative estimate of drug-likeness (QED) is 0.393. The SMILES string of the molecule is Cc1ccc(NN(C=O)c2cccc3oc(CN4CCN(S(=O)(=O)C(C)C)CC4)nc23)cn1. The number of hydrogen-bond acceptors (Lipinski definition) is 8. The van der Waals surface area contributed by atoms with Gasteiger partial charge in [0, 0.05) is 31.9 Å². The minimum atomic E-state index is -3.25. The van der Waals surface area contributed by atoms with Gasteiger partial charge in [-0.05, 0) is 45.0 Å². The summed E-state index contributed by atoms with van der Waals surface area (Å²) >= 11 is 0. The number of oxazole rings is 1. The van der Waals surface area contributed by atoms with Crippen LogP contribution in [0.2, 0.25) is 0 Å². The number of fused-ring (bicyclic) bond motifs is 1. The van der Waals surface area contributed by atoms with Crippen molar-refractivity contribution in [2.75, 3.05) is 36.6 Å². The summed E-state index contributed by atoms with van der Waals surface area (Å²) in [7, 11) is -3.25. The lowest BCUT2D eigenvalue weighted by Crippen LogP contribution is -2.50. The van der Waals surface area contributed by atoms with E-state index in [2.05, 4.69) is 20.3 Å². The van der Waals surface area contributed by atoms with Crippen LogP contribution >= 0.6 is 0 Å². The van der Waals surface area contributed by atoms with E-state index in [0.29, 0.717) is 67.5 Å². The van der Waals surface area contributed by atoms with Crippen LogP contribution in [-0.2, 0) is 21.4 Å². The van der Waals surface area contributed by atoms with E-state index < -0.39 is 15.3 Å². The number of pyridine rings is 1. The number of benzene rings is 1. The first-order valence-corrected chi connectivity index (χ1v) is 12.3. The first-order valence-electron chi connectivity index (χ1n) is 10.8. The van der Waals surface area contributed by atoms with Crippen molar-refractivity contribution in [2.24, 2.45) is 0 Å². The van der Waals surface area contributed by atoms with Gasteiger partial charge in [0.1, 0.15) is 5.52 Å². The van der Waals surface area contributed by atoms with Gasteiger partial charge in [-0.2, -0.15) is 4.31 Å². The van der Waals surface area contributed by atoms with Crippen molar-refractivity contribution < 1.29 is 17.6 Å². The highest BCUT2D eigenvalue weighted by molar-refractivity contribution is 7.89. The minimum absolute atomic E-state index is 0.426. The fourth-order valence-corrected chi connectivity index (χ4v) is 4.96. The van der Waals surface area contributed by atoms with Gasteiger partial charge >= 0.3 is 0 Å². The summed E-state index contributed by atoms with van der Waals surface area (Å²) in [6.45, 7) is 7.83. The van der Waals surface area contributed by atoms with Crippen molar-refractivity contribution in [3.63, 3.8) is 0 Å². The summed E-state index contributed by atoms with van der Waals surface area (Å²) in [4.78, 5) is 22.8. The van der Waals surface area contributed by atoms with E-state index in [9.17, 15) is 13.2 Å². The molecule has 1 aliphatic heterocycles. The predicted molar refractivity (Wildman–Crippen MR) is 126 cm³/mol. The lowest BCUT2D eigenvalue weighted by Gasteiger charge is -2.34. The average molecular weight is 473 g/mol. The maximum absolute atomic E-state index is 12.4. The molecule has 0 unspecified atom stereocenters. The lowest BCUT2D eigenvalue weighted by atomic mass is 10.2. The summed E-state index contributed by atoms with van der Waals surface area (Å²) in [5.74, 6) is 0.514. The molecule has 0 spiro atoms. The summed E-state index contributed by atoms with van der Waals surface area (Å²) in [5.41, 5.74) is 6.27. The molecule has 1 N–H and O–H groups in total. The van der Waals surface area contributed by atoms with Crippen LogP contribution in [0.25, 0.3) is 11.1 Å². The van der Waals surface area contributed by atoms with E-state index >= 15 is 0 Å². The Hall–Kier alpha value is -3.02. The number of hydrazine groups is 1. The van der Waals surface area contributed by atoms with Crippen LogP contribution in [0.5, 0.6) is 0 Å². The normalized spacial score (nSPS) is 15.8. The van der Waals surface area contributed by atoms with Gasteiger partial charge < -0.3 is 4.42 Å². The zero-order chi connectivity index (χ0) is 23.6. The number of sulfonamides is 1. The Kier molecular flexibility index (Phi) is 6.63. The molecule has 1 aliphatic rings. The average Bonchev–Trinajstić information content (AvgIpc) is 3.21. The number of piperazine rings is 1. The summed E-state index contributed by atoms with van der Waals surface area (Å²) in [6.07, 6.45) is 2.33. The van der Waals surface area contributed by atoms with Crippen molar-refractivity contribution in [1.82, 2.24) is 19.2 Å². The highest BCUT2D eigenvalue weighted by atomic mass is 32.2. The Morgan fingerprint density at radius 2 is 1.94 bits per heavy atom. The van der Waals surface area contributed by atoms with Gasteiger partial charge in [0.05, 0.1) is 29.4 Å². The molecule has 0 aliphatic carbocycles. The predicted octanol–water partition coefficient (Wildman–Crippen LogP) is 2.38. The van der Waals surface area contributed by atoms with E-state index in [1.165, 1.54) is 5.01 Å². The van der Waals surface area contributed by atoms with Crippen LogP contribution in [0.1, 0.15) is 25.4 Å². The Morgan fingerprint density at radius 3 is 2.58 bits per heavy atom. The van der Waals surface area contributed by atoms with Gasteiger partial charge in [0.25, 0.3) is 0 Å². The van der Waals surface area contributed by atoms with Crippen molar-refractivity contribution in [3.05, 3.63) is 48.1 Å². The van der Waals surface area contributed by atoms with Gasteiger partial charge in [0.15, 0.2) is 5.58 Å². The number of carbonyl (C=O) groups is 1. The first kappa shape index (κ1) is 23.1. The van der Waals surface area contributed by atoms with Gasteiger partial charge in [0.2, 0.25) is 22.3 Å². The number of nitrogens with zero attached hydrogens (tertiary/aromatic N) is 5. The number of carbonyl (C=O) groups excluding carboxylic acids is 1. The molecule has 1 amide bonds. The van der Waals surface area contributed by atoms with Crippen molar-refractivity contribution >= 4 is 38.9 Å². The molecular weight excluding hydrogens is 444 g/mol. The second-order valence-corrected chi connectivity index (χ2v) is 10.8. The maximum atomic E-state index is 12.4. The molecule has 33 heavy (non-hydrogen) atoms. The molecule has 0 saturated carbocycles. The zero-order valence-corrected chi connectivity index (χ0v) is 19.7. The molecule has 1 aromatic carbocycles. The number of hydrogen-bond donors (Lipinski definition) is 1. The summed E-state index contributed by atoms with van der Waals surface area (Å²) in [5, 5.41) is 0.917. The molecule has 1 saturated heterocycles. The minimum Gasteiger partial charge on any atom is -0.439 e. The Balaban J connectivity index is 1.48. The fraction of sp³-hybridized carbons (Fsp3) is 0.409. The molecule has 0 atom stereocenters. The number of rotatable bonds is 8. The number of anilines is 2. The number of nitrogens with one attached hydrogen (secondary N) is 1. The molecular formula is C22H28N6O4S. The van der Waals surface area contributed by atoms with Gasteiger partial charge in [-0.15, -0.1) is 0 Å². The van der Waals surface area contributed by atoms with Crippen LogP contribution in [0.4, 0.5) is 11.4 Å². The maximum Gasteiger partial charge on any atom is 0.232 e. The van der Waals surface area contributed by atoms with E-state index in [1.54, 1.807) is 42.5 Å². The third-order valence-corrected chi connectivity index (χ3v) is 7.89.